The Balaban J connectivity index is 1.15. The predicted molar refractivity (Wildman–Crippen MR) is 136 cm³/mol. The molecule has 3 aromatic heterocycles. The van der Waals surface area contributed by atoms with Crippen LogP contribution in [0, 0.1) is 5.92 Å². The van der Waals surface area contributed by atoms with Gasteiger partial charge in [-0.3, -0.25) is 23.4 Å². The minimum Gasteiger partial charge on any atom is -0.390 e. The zero-order chi connectivity index (χ0) is 29.3. The second-order valence-corrected chi connectivity index (χ2v) is 11.5. The molecular formula is C21H25N10O10P. The van der Waals surface area contributed by atoms with Crippen LogP contribution in [-0.4, -0.2) is 94.6 Å². The first-order chi connectivity index (χ1) is 20.1. The average molecular weight is 608 g/mol. The Morgan fingerprint density at radius 3 is 2.79 bits per heavy atom. The third-order valence-corrected chi connectivity index (χ3v) is 8.61. The number of anilines is 2. The van der Waals surface area contributed by atoms with Crippen molar-refractivity contribution in [1.82, 2.24) is 29.5 Å². The Morgan fingerprint density at radius 1 is 1.12 bits per heavy atom. The maximum absolute atomic E-state index is 13.1. The number of phosphoric ester groups is 1. The van der Waals surface area contributed by atoms with Crippen molar-refractivity contribution in [2.24, 2.45) is 16.1 Å². The number of aromatic amines is 1. The summed E-state index contributed by atoms with van der Waals surface area (Å²) in [6.45, 7) is -0.492. The zero-order valence-corrected chi connectivity index (χ0v) is 22.3. The van der Waals surface area contributed by atoms with Crippen LogP contribution in [0.1, 0.15) is 24.4 Å². The molecule has 3 aromatic rings. The van der Waals surface area contributed by atoms with E-state index in [9.17, 15) is 24.5 Å². The van der Waals surface area contributed by atoms with E-state index >= 15 is 0 Å². The number of ether oxygens (including phenoxy) is 3. The lowest BCUT2D eigenvalue weighted by Gasteiger charge is -2.26. The van der Waals surface area contributed by atoms with E-state index in [1.165, 1.54) is 17.2 Å². The second kappa shape index (κ2) is 10.1. The van der Waals surface area contributed by atoms with Gasteiger partial charge in [0.2, 0.25) is 5.95 Å². The number of H-pyrrole nitrogens is 1. The Hall–Kier alpha value is -3.46. The van der Waals surface area contributed by atoms with Gasteiger partial charge in [-0.1, -0.05) is 0 Å². The van der Waals surface area contributed by atoms with Crippen molar-refractivity contribution in [3.8, 4) is 0 Å². The molecule has 3 fully saturated rings. The summed E-state index contributed by atoms with van der Waals surface area (Å²) in [6, 6.07) is -0.802. The number of rotatable bonds is 2. The number of nitrogens with two attached hydrogens (primary N) is 2. The van der Waals surface area contributed by atoms with Gasteiger partial charge in [0.25, 0.3) is 5.56 Å². The molecule has 7 heterocycles. The number of fused-ring (bicyclic) bond motifs is 5. The van der Waals surface area contributed by atoms with Crippen LogP contribution in [0.2, 0.25) is 0 Å². The van der Waals surface area contributed by atoms with E-state index in [4.69, 9.17) is 34.7 Å². The SMILES string of the molecule is Nc1nc2c(ncn2[C@@H]2OC3OCC[C@@H]4[C@@H](COP(=O)(O)O[C@@H]2[C@@H]3O)OC(C2N=Nc3c(N)ncnc32)[C@@H]4O)c(=O)[nH]1. The number of imidazole rings is 1. The number of nitrogens with zero attached hydrogens (tertiary/aromatic N) is 7. The zero-order valence-electron chi connectivity index (χ0n) is 21.4. The van der Waals surface area contributed by atoms with Crippen LogP contribution in [0.5, 0.6) is 0 Å². The van der Waals surface area contributed by atoms with Crippen LogP contribution in [0.4, 0.5) is 17.5 Å². The topological polar surface area (TPSA) is 290 Å². The van der Waals surface area contributed by atoms with Gasteiger partial charge in [-0.05, 0) is 6.42 Å². The van der Waals surface area contributed by atoms with Crippen LogP contribution in [0.3, 0.4) is 0 Å². The number of aliphatic hydroxyl groups is 2. The molecule has 4 aliphatic rings. The summed E-state index contributed by atoms with van der Waals surface area (Å²) < 4.78 is 42.7. The number of hydrogen-bond acceptors (Lipinski definition) is 17. The molecule has 0 radical (unpaired) electrons. The monoisotopic (exact) mass is 608 g/mol. The van der Waals surface area contributed by atoms with Crippen LogP contribution in [0.15, 0.2) is 27.7 Å². The quantitative estimate of drug-likeness (QED) is 0.186. The highest BCUT2D eigenvalue weighted by Gasteiger charge is 2.53. The van der Waals surface area contributed by atoms with Gasteiger partial charge >= 0.3 is 7.82 Å². The molecule has 4 unspecified atom stereocenters. The van der Waals surface area contributed by atoms with Crippen LogP contribution >= 0.6 is 7.82 Å². The van der Waals surface area contributed by atoms with E-state index in [2.05, 4.69) is 35.1 Å². The number of nitrogens with one attached hydrogen (secondary N) is 1. The lowest BCUT2D eigenvalue weighted by molar-refractivity contribution is -0.178. The average Bonchev–Trinajstić information content (AvgIpc) is 3.69. The maximum atomic E-state index is 13.1. The fourth-order valence-electron chi connectivity index (χ4n) is 5.65. The first-order valence-electron chi connectivity index (χ1n) is 12.8. The highest BCUT2D eigenvalue weighted by atomic mass is 31.2. The lowest BCUT2D eigenvalue weighted by Crippen LogP contribution is -2.37. The van der Waals surface area contributed by atoms with Gasteiger partial charge in [-0.25, -0.2) is 19.5 Å². The fraction of sp³-hybridized carbons (Fsp3) is 0.571. The Morgan fingerprint density at radius 2 is 1.95 bits per heavy atom. The van der Waals surface area contributed by atoms with Crippen molar-refractivity contribution in [2.45, 2.75) is 55.5 Å². The summed E-state index contributed by atoms with van der Waals surface area (Å²) in [5.74, 6) is -0.738. The van der Waals surface area contributed by atoms with Gasteiger partial charge in [-0.2, -0.15) is 10.1 Å². The van der Waals surface area contributed by atoms with E-state index in [0.29, 0.717) is 5.69 Å². The number of azo groups is 1. The van der Waals surface area contributed by atoms with E-state index in [1.54, 1.807) is 0 Å². The highest BCUT2D eigenvalue weighted by Crippen LogP contribution is 2.51. The molecule has 21 heteroatoms. The maximum Gasteiger partial charge on any atom is 0.472 e. The van der Waals surface area contributed by atoms with Gasteiger partial charge in [0.1, 0.15) is 36.4 Å². The summed E-state index contributed by atoms with van der Waals surface area (Å²) >= 11 is 0. The van der Waals surface area contributed by atoms with Crippen molar-refractivity contribution in [1.29, 1.82) is 0 Å². The van der Waals surface area contributed by atoms with Gasteiger partial charge in [-0.15, -0.1) is 5.11 Å². The van der Waals surface area contributed by atoms with Crippen molar-refractivity contribution in [3.63, 3.8) is 0 Å². The molecule has 0 aliphatic carbocycles. The number of phosphoric acid groups is 1. The molecule has 20 nitrogen and oxygen atoms in total. The number of aliphatic hydroxyl groups excluding tert-OH is 2. The van der Waals surface area contributed by atoms with E-state index < -0.39 is 75.0 Å². The number of nitrogen functional groups attached to an aromatic ring is 2. The predicted octanol–water partition coefficient (Wildman–Crippen LogP) is -1.20. The molecule has 8 N–H and O–H groups in total. The molecule has 7 rings (SSSR count). The molecule has 0 spiro atoms. The Labute approximate surface area is 234 Å². The van der Waals surface area contributed by atoms with Crippen molar-refractivity contribution >= 4 is 36.4 Å². The molecule has 3 saturated heterocycles. The number of aromatic nitrogens is 6. The molecule has 10 atom stereocenters. The normalized spacial score (nSPS) is 38.2. The smallest absolute Gasteiger partial charge is 0.390 e. The molecule has 0 saturated carbocycles. The summed E-state index contributed by atoms with van der Waals surface area (Å²) in [5, 5.41) is 30.4. The van der Waals surface area contributed by atoms with Gasteiger partial charge in [0, 0.05) is 5.92 Å². The van der Waals surface area contributed by atoms with E-state index in [1.807, 2.05) is 0 Å². The highest BCUT2D eigenvalue weighted by molar-refractivity contribution is 7.47. The summed E-state index contributed by atoms with van der Waals surface area (Å²) in [7, 11) is -4.90. The minimum atomic E-state index is -4.90. The molecule has 0 aromatic carbocycles. The molecular weight excluding hydrogens is 583 g/mol. The van der Waals surface area contributed by atoms with Crippen LogP contribution in [-0.2, 0) is 27.8 Å². The number of hydrogen-bond donors (Lipinski definition) is 6. The van der Waals surface area contributed by atoms with E-state index in [0.717, 1.165) is 0 Å². The van der Waals surface area contributed by atoms with Crippen molar-refractivity contribution < 1.29 is 42.9 Å². The van der Waals surface area contributed by atoms with Crippen molar-refractivity contribution in [3.05, 3.63) is 28.7 Å². The van der Waals surface area contributed by atoms with Gasteiger partial charge in [0.15, 0.2) is 35.2 Å². The Kier molecular flexibility index (Phi) is 6.57. The summed E-state index contributed by atoms with van der Waals surface area (Å²) in [6.07, 6.45) is -6.11. The third-order valence-electron chi connectivity index (χ3n) is 7.62. The first kappa shape index (κ1) is 27.4. The second-order valence-electron chi connectivity index (χ2n) is 10.1. The summed E-state index contributed by atoms with van der Waals surface area (Å²) in [4.78, 5) is 41.4. The summed E-state index contributed by atoms with van der Waals surface area (Å²) in [5.41, 5.74) is 11.5. The molecule has 4 aliphatic heterocycles. The van der Waals surface area contributed by atoms with Crippen LogP contribution < -0.4 is 17.0 Å². The fourth-order valence-corrected chi connectivity index (χ4v) is 6.58. The van der Waals surface area contributed by atoms with Crippen LogP contribution in [0.25, 0.3) is 11.2 Å². The standard InChI is InChI=1S/C21H25N10O10P/c22-16-10-8(24-4-25-16)9(29-30-10)14-12(32)6-1-2-37-20-13(33)15(41-42(35,36)38-3-7(6)39-14)19(40-20)31-5-26-11-17(31)27-21(23)28-18(11)34/h4-7,9,12-15,19-20,32-33H,1-3H2,(H,35,36)(H2,22,24,25)(H3,23,27,28,34)/t6-,7-,9?,12-,13+,14?,15-,19-,20?/m1/s1. The minimum absolute atomic E-state index is 0.0181. The lowest BCUT2D eigenvalue weighted by atomic mass is 9.90. The van der Waals surface area contributed by atoms with E-state index in [-0.39, 0.29) is 41.6 Å². The molecule has 2 bridgehead atoms. The molecule has 224 valence electrons. The third kappa shape index (κ3) is 4.48. The van der Waals surface area contributed by atoms with Gasteiger partial charge in [0.05, 0.1) is 31.7 Å². The Bertz CT molecular complexity index is 1670. The van der Waals surface area contributed by atoms with Gasteiger partial charge < -0.3 is 40.8 Å². The molecule has 42 heavy (non-hydrogen) atoms. The largest absolute Gasteiger partial charge is 0.472 e. The first-order valence-corrected chi connectivity index (χ1v) is 14.3. The molecule has 0 amide bonds. The van der Waals surface area contributed by atoms with Crippen molar-refractivity contribution in [2.75, 3.05) is 24.7 Å².